The molecule has 0 heterocycles. The molecule has 1 aliphatic carbocycles. The first kappa shape index (κ1) is 18.4. The maximum Gasteiger partial charge on any atom is 0.573 e. The fraction of sp³-hybridized carbons (Fsp3) is 0.562. The summed E-state index contributed by atoms with van der Waals surface area (Å²) in [5.41, 5.74) is 0.642. The zero-order valence-corrected chi connectivity index (χ0v) is 13.3. The number of nitrogens with one attached hydrogen (secondary N) is 2. The molecular formula is C16H21F3N2O3. The first-order valence-corrected chi connectivity index (χ1v) is 7.85. The number of hydrogen-bond donors (Lipinski definition) is 3. The molecular weight excluding hydrogens is 325 g/mol. The van der Waals surface area contributed by atoms with E-state index in [4.69, 9.17) is 0 Å². The number of alkyl halides is 3. The summed E-state index contributed by atoms with van der Waals surface area (Å²) in [4.78, 5) is 12.0. The van der Waals surface area contributed by atoms with E-state index < -0.39 is 24.5 Å². The number of halogens is 3. The fourth-order valence-electron chi connectivity index (χ4n) is 2.73. The van der Waals surface area contributed by atoms with Gasteiger partial charge in [0.15, 0.2) is 0 Å². The van der Waals surface area contributed by atoms with Crippen molar-refractivity contribution in [2.75, 3.05) is 0 Å². The van der Waals surface area contributed by atoms with Gasteiger partial charge in [0.05, 0.1) is 18.2 Å². The number of aliphatic hydroxyl groups excluding tert-OH is 1. The third kappa shape index (κ3) is 5.59. The first-order chi connectivity index (χ1) is 11.2. The second kappa shape index (κ2) is 7.74. The van der Waals surface area contributed by atoms with Gasteiger partial charge in [-0.3, -0.25) is 0 Å². The molecule has 1 saturated carbocycles. The summed E-state index contributed by atoms with van der Waals surface area (Å²) in [6, 6.07) is 4.24. The van der Waals surface area contributed by atoms with Crippen LogP contribution in [0.4, 0.5) is 18.0 Å². The van der Waals surface area contributed by atoms with E-state index in [-0.39, 0.29) is 11.8 Å². The van der Waals surface area contributed by atoms with E-state index in [2.05, 4.69) is 15.4 Å². The smallest absolute Gasteiger partial charge is 0.406 e. The number of hydrogen-bond acceptors (Lipinski definition) is 3. The minimum Gasteiger partial charge on any atom is -0.406 e. The lowest BCUT2D eigenvalue weighted by atomic mass is 9.93. The van der Waals surface area contributed by atoms with Gasteiger partial charge >= 0.3 is 12.4 Å². The van der Waals surface area contributed by atoms with Crippen molar-refractivity contribution in [3.8, 4) is 5.75 Å². The van der Waals surface area contributed by atoms with Crippen molar-refractivity contribution in [1.29, 1.82) is 0 Å². The summed E-state index contributed by atoms with van der Waals surface area (Å²) in [6.07, 6.45) is -1.97. The van der Waals surface area contributed by atoms with Gasteiger partial charge in [-0.05, 0) is 37.5 Å². The van der Waals surface area contributed by atoms with Crippen LogP contribution in [0.25, 0.3) is 0 Å². The summed E-state index contributed by atoms with van der Waals surface area (Å²) >= 11 is 0. The molecule has 2 rings (SSSR count). The fourth-order valence-corrected chi connectivity index (χ4v) is 2.73. The second-order valence-electron chi connectivity index (χ2n) is 5.91. The van der Waals surface area contributed by atoms with Crippen molar-refractivity contribution >= 4 is 6.03 Å². The highest BCUT2D eigenvalue weighted by Crippen LogP contribution is 2.24. The highest BCUT2D eigenvalue weighted by molar-refractivity contribution is 5.74. The Bertz CT molecular complexity index is 548. The molecule has 8 heteroatoms. The molecule has 1 aromatic carbocycles. The molecule has 1 fully saturated rings. The number of carbonyl (C=O) groups is 1. The van der Waals surface area contributed by atoms with E-state index in [0.717, 1.165) is 19.3 Å². The average Bonchev–Trinajstić information content (AvgIpc) is 2.48. The number of benzene rings is 1. The van der Waals surface area contributed by atoms with E-state index in [1.807, 2.05) is 0 Å². The van der Waals surface area contributed by atoms with E-state index >= 15 is 0 Å². The SMILES string of the molecule is CC(NC(=O)NC1CCCCC1O)c1ccc(OC(F)(F)F)cc1. The van der Waals surface area contributed by atoms with Crippen LogP contribution in [0.1, 0.15) is 44.2 Å². The molecule has 3 atom stereocenters. The van der Waals surface area contributed by atoms with Crippen LogP contribution in [0, 0.1) is 0 Å². The number of aliphatic hydroxyl groups is 1. The molecule has 1 aromatic rings. The molecule has 134 valence electrons. The van der Waals surface area contributed by atoms with Crippen LogP contribution in [-0.2, 0) is 0 Å². The van der Waals surface area contributed by atoms with Gasteiger partial charge in [0.2, 0.25) is 0 Å². The maximum atomic E-state index is 12.1. The Hall–Kier alpha value is -1.96. The molecule has 3 unspecified atom stereocenters. The number of ether oxygens (including phenoxy) is 1. The summed E-state index contributed by atoms with van der Waals surface area (Å²) in [7, 11) is 0. The molecule has 0 spiro atoms. The third-order valence-electron chi connectivity index (χ3n) is 4.01. The third-order valence-corrected chi connectivity index (χ3v) is 4.01. The van der Waals surface area contributed by atoms with Crippen LogP contribution in [0.5, 0.6) is 5.75 Å². The zero-order chi connectivity index (χ0) is 17.7. The van der Waals surface area contributed by atoms with E-state index in [9.17, 15) is 23.1 Å². The first-order valence-electron chi connectivity index (χ1n) is 7.85. The van der Waals surface area contributed by atoms with Crippen LogP contribution in [0.15, 0.2) is 24.3 Å². The lowest BCUT2D eigenvalue weighted by Crippen LogP contribution is -2.49. The lowest BCUT2D eigenvalue weighted by molar-refractivity contribution is -0.274. The van der Waals surface area contributed by atoms with E-state index in [1.165, 1.54) is 24.3 Å². The Labute approximate surface area is 138 Å². The number of amides is 2. The van der Waals surface area contributed by atoms with Gasteiger partial charge in [-0.2, -0.15) is 0 Å². The van der Waals surface area contributed by atoms with Crippen LogP contribution in [-0.4, -0.2) is 29.6 Å². The Morgan fingerprint density at radius 3 is 2.46 bits per heavy atom. The van der Waals surface area contributed by atoms with Gasteiger partial charge in [0.25, 0.3) is 0 Å². The molecule has 2 amide bonds. The lowest BCUT2D eigenvalue weighted by Gasteiger charge is -2.29. The van der Waals surface area contributed by atoms with Gasteiger partial charge in [0.1, 0.15) is 5.75 Å². The number of urea groups is 1. The van der Waals surface area contributed by atoms with Crippen molar-refractivity contribution in [3.63, 3.8) is 0 Å². The predicted octanol–water partition coefficient (Wildman–Crippen LogP) is 3.25. The minimum absolute atomic E-state index is 0.270. The summed E-state index contributed by atoms with van der Waals surface area (Å²) in [5.74, 6) is -0.312. The van der Waals surface area contributed by atoms with E-state index in [1.54, 1.807) is 6.92 Å². The van der Waals surface area contributed by atoms with Gasteiger partial charge in [-0.15, -0.1) is 13.2 Å². The molecule has 0 saturated heterocycles. The number of carbonyl (C=O) groups excluding carboxylic acids is 1. The predicted molar refractivity (Wildman–Crippen MR) is 81.5 cm³/mol. The Kier molecular flexibility index (Phi) is 5.93. The maximum absolute atomic E-state index is 12.1. The largest absolute Gasteiger partial charge is 0.573 e. The molecule has 0 bridgehead atoms. The average molecular weight is 346 g/mol. The van der Waals surface area contributed by atoms with Gasteiger partial charge in [-0.25, -0.2) is 4.79 Å². The standard InChI is InChI=1S/C16H21F3N2O3/c1-10(11-6-8-12(9-7-11)24-16(17,18)19)20-15(23)21-13-4-2-3-5-14(13)22/h6-10,13-14,22H,2-5H2,1H3,(H2,20,21,23). The highest BCUT2D eigenvalue weighted by Gasteiger charge is 2.31. The molecule has 24 heavy (non-hydrogen) atoms. The van der Waals surface area contributed by atoms with Crippen LogP contribution < -0.4 is 15.4 Å². The van der Waals surface area contributed by atoms with Crippen molar-refractivity contribution in [2.45, 2.75) is 57.2 Å². The normalized spacial score (nSPS) is 22.5. The van der Waals surface area contributed by atoms with Crippen LogP contribution >= 0.6 is 0 Å². The molecule has 1 aliphatic rings. The van der Waals surface area contributed by atoms with Crippen molar-refractivity contribution < 1.29 is 27.8 Å². The van der Waals surface area contributed by atoms with Crippen molar-refractivity contribution in [3.05, 3.63) is 29.8 Å². The molecule has 0 aliphatic heterocycles. The molecule has 0 radical (unpaired) electrons. The molecule has 3 N–H and O–H groups in total. The van der Waals surface area contributed by atoms with Gasteiger partial charge in [-0.1, -0.05) is 25.0 Å². The Morgan fingerprint density at radius 2 is 1.88 bits per heavy atom. The van der Waals surface area contributed by atoms with Crippen molar-refractivity contribution in [1.82, 2.24) is 10.6 Å². The summed E-state index contributed by atoms with van der Waals surface area (Å²) in [5, 5.41) is 15.3. The monoisotopic (exact) mass is 346 g/mol. The quantitative estimate of drug-likeness (QED) is 0.784. The molecule has 0 aromatic heterocycles. The summed E-state index contributed by atoms with van der Waals surface area (Å²) in [6.45, 7) is 1.72. The topological polar surface area (TPSA) is 70.6 Å². The van der Waals surface area contributed by atoms with E-state index in [0.29, 0.717) is 12.0 Å². The van der Waals surface area contributed by atoms with Crippen molar-refractivity contribution in [2.24, 2.45) is 0 Å². The Balaban J connectivity index is 1.87. The van der Waals surface area contributed by atoms with Crippen LogP contribution in [0.2, 0.25) is 0 Å². The van der Waals surface area contributed by atoms with Gasteiger partial charge < -0.3 is 20.5 Å². The zero-order valence-electron chi connectivity index (χ0n) is 13.3. The summed E-state index contributed by atoms with van der Waals surface area (Å²) < 4.78 is 40.2. The number of rotatable bonds is 4. The van der Waals surface area contributed by atoms with Crippen LogP contribution in [0.3, 0.4) is 0 Å². The molecule has 5 nitrogen and oxygen atoms in total. The highest BCUT2D eigenvalue weighted by atomic mass is 19.4. The van der Waals surface area contributed by atoms with Gasteiger partial charge in [0, 0.05) is 0 Å². The second-order valence-corrected chi connectivity index (χ2v) is 5.91. The minimum atomic E-state index is -4.73. The Morgan fingerprint density at radius 1 is 1.25 bits per heavy atom.